The summed E-state index contributed by atoms with van der Waals surface area (Å²) in [6.07, 6.45) is 12.7. The number of amides is 1. The van der Waals surface area contributed by atoms with Gasteiger partial charge in [0.1, 0.15) is 0 Å². The summed E-state index contributed by atoms with van der Waals surface area (Å²) in [4.78, 5) is 10.2. The van der Waals surface area contributed by atoms with Gasteiger partial charge in [0.15, 0.2) is 6.29 Å². The fraction of sp³-hybridized carbons (Fsp3) is 0.800. The third-order valence-corrected chi connectivity index (χ3v) is 3.25. The average Bonchev–Trinajstić information content (AvgIpc) is 2.43. The van der Waals surface area contributed by atoms with Gasteiger partial charge in [-0.1, -0.05) is 12.2 Å². The molecule has 2 atom stereocenters. The average molecular weight is 269 g/mol. The predicted molar refractivity (Wildman–Crippen MR) is 75.8 cm³/mol. The molecular weight excluding hydrogens is 242 g/mol. The quantitative estimate of drug-likeness (QED) is 0.377. The molecule has 1 heterocycles. The summed E-state index contributed by atoms with van der Waals surface area (Å²) in [5.41, 5.74) is 0. The molecule has 1 aliphatic heterocycles. The van der Waals surface area contributed by atoms with Gasteiger partial charge >= 0.3 is 0 Å². The molecule has 4 nitrogen and oxygen atoms in total. The van der Waals surface area contributed by atoms with Crippen LogP contribution in [0.2, 0.25) is 0 Å². The first-order valence-corrected chi connectivity index (χ1v) is 7.41. The van der Waals surface area contributed by atoms with Crippen molar-refractivity contribution in [1.29, 1.82) is 0 Å². The van der Waals surface area contributed by atoms with E-state index in [1.165, 1.54) is 6.42 Å². The topological polar surface area (TPSA) is 47.6 Å². The third-order valence-electron chi connectivity index (χ3n) is 3.25. The molecule has 0 radical (unpaired) electrons. The number of unbranched alkanes of at least 4 members (excludes halogenated alkanes) is 1. The van der Waals surface area contributed by atoms with E-state index in [-0.39, 0.29) is 12.3 Å². The molecule has 0 aromatic carbocycles. The van der Waals surface area contributed by atoms with Crippen molar-refractivity contribution in [3.63, 3.8) is 0 Å². The maximum Gasteiger partial charge on any atom is 0.207 e. The molecule has 2 unspecified atom stereocenters. The van der Waals surface area contributed by atoms with Crippen LogP contribution in [0.25, 0.3) is 0 Å². The van der Waals surface area contributed by atoms with Gasteiger partial charge in [-0.3, -0.25) is 4.79 Å². The SMILES string of the molecule is CC(CCC/C=C\CCOC1CCCCO1)NC=O. The first kappa shape index (κ1) is 16.2. The normalized spacial score (nSPS) is 21.4. The Hall–Kier alpha value is -0.870. The molecule has 1 fully saturated rings. The van der Waals surface area contributed by atoms with Crippen molar-refractivity contribution in [3.05, 3.63) is 12.2 Å². The van der Waals surface area contributed by atoms with Crippen molar-refractivity contribution in [2.24, 2.45) is 0 Å². The lowest BCUT2D eigenvalue weighted by Crippen LogP contribution is -2.23. The number of ether oxygens (including phenoxy) is 2. The first-order valence-electron chi connectivity index (χ1n) is 7.41. The van der Waals surface area contributed by atoms with Gasteiger partial charge in [0.2, 0.25) is 6.41 Å². The highest BCUT2D eigenvalue weighted by molar-refractivity contribution is 5.46. The Morgan fingerprint density at radius 2 is 2.21 bits per heavy atom. The van der Waals surface area contributed by atoms with Gasteiger partial charge < -0.3 is 14.8 Å². The van der Waals surface area contributed by atoms with Crippen molar-refractivity contribution >= 4 is 6.41 Å². The van der Waals surface area contributed by atoms with Crippen LogP contribution in [0.15, 0.2) is 12.2 Å². The lowest BCUT2D eigenvalue weighted by molar-refractivity contribution is -0.161. The number of hydrogen-bond acceptors (Lipinski definition) is 3. The van der Waals surface area contributed by atoms with Crippen LogP contribution in [0.3, 0.4) is 0 Å². The highest BCUT2D eigenvalue weighted by Crippen LogP contribution is 2.13. The standard InChI is InChI=1S/C15H27NO3/c1-14(16-13-17)9-5-3-2-4-7-11-18-15-10-6-8-12-19-15/h2,4,13-15H,3,5-12H2,1H3,(H,16,17)/b4-2-. The van der Waals surface area contributed by atoms with Crippen LogP contribution in [0.1, 0.15) is 51.9 Å². The highest BCUT2D eigenvalue weighted by Gasteiger charge is 2.12. The maximum absolute atomic E-state index is 10.2. The summed E-state index contributed by atoms with van der Waals surface area (Å²) in [7, 11) is 0. The molecule has 0 aromatic rings. The van der Waals surface area contributed by atoms with Crippen molar-refractivity contribution in [2.75, 3.05) is 13.2 Å². The molecule has 1 N–H and O–H groups in total. The van der Waals surface area contributed by atoms with Crippen LogP contribution >= 0.6 is 0 Å². The van der Waals surface area contributed by atoms with E-state index in [4.69, 9.17) is 9.47 Å². The molecular formula is C15H27NO3. The second-order valence-corrected chi connectivity index (χ2v) is 5.04. The Labute approximate surface area is 116 Å². The number of allylic oxidation sites excluding steroid dienone is 1. The first-order chi connectivity index (χ1) is 9.33. The molecule has 1 saturated heterocycles. The number of rotatable bonds is 10. The van der Waals surface area contributed by atoms with Crippen LogP contribution in [-0.2, 0) is 14.3 Å². The summed E-state index contributed by atoms with van der Waals surface area (Å²) in [5.74, 6) is 0. The Bertz CT molecular complexity index is 250. The zero-order chi connectivity index (χ0) is 13.8. The lowest BCUT2D eigenvalue weighted by Gasteiger charge is -2.22. The summed E-state index contributed by atoms with van der Waals surface area (Å²) < 4.78 is 11.1. The Kier molecular flexibility index (Phi) is 9.37. The minimum atomic E-state index is 0.0254. The van der Waals surface area contributed by atoms with Crippen molar-refractivity contribution in [2.45, 2.75) is 64.2 Å². The number of carbonyl (C=O) groups excluding carboxylic acids is 1. The van der Waals surface area contributed by atoms with Gasteiger partial charge in [-0.05, 0) is 51.9 Å². The van der Waals surface area contributed by atoms with E-state index < -0.39 is 0 Å². The molecule has 0 spiro atoms. The Morgan fingerprint density at radius 1 is 1.37 bits per heavy atom. The summed E-state index contributed by atoms with van der Waals surface area (Å²) in [6.45, 7) is 3.61. The Morgan fingerprint density at radius 3 is 2.95 bits per heavy atom. The van der Waals surface area contributed by atoms with Crippen LogP contribution in [0.5, 0.6) is 0 Å². The number of carbonyl (C=O) groups is 1. The molecule has 4 heteroatoms. The van der Waals surface area contributed by atoms with Gasteiger partial charge in [-0.2, -0.15) is 0 Å². The van der Waals surface area contributed by atoms with Crippen LogP contribution in [-0.4, -0.2) is 32.0 Å². The summed E-state index contributed by atoms with van der Waals surface area (Å²) in [6, 6.07) is 0.276. The fourth-order valence-corrected chi connectivity index (χ4v) is 2.09. The number of hydrogen-bond donors (Lipinski definition) is 1. The molecule has 19 heavy (non-hydrogen) atoms. The van der Waals surface area contributed by atoms with Gasteiger partial charge in [-0.15, -0.1) is 0 Å². The minimum Gasteiger partial charge on any atom is -0.356 e. The molecule has 1 amide bonds. The summed E-state index contributed by atoms with van der Waals surface area (Å²) in [5, 5.41) is 2.75. The second-order valence-electron chi connectivity index (χ2n) is 5.04. The van der Waals surface area contributed by atoms with E-state index in [0.29, 0.717) is 0 Å². The monoisotopic (exact) mass is 269 g/mol. The van der Waals surface area contributed by atoms with Crippen molar-refractivity contribution in [3.8, 4) is 0 Å². The predicted octanol–water partition coefficient (Wildman–Crippen LogP) is 2.78. The molecule has 0 saturated carbocycles. The molecule has 0 bridgehead atoms. The minimum absolute atomic E-state index is 0.0254. The van der Waals surface area contributed by atoms with Crippen LogP contribution in [0, 0.1) is 0 Å². The van der Waals surface area contributed by atoms with E-state index >= 15 is 0 Å². The maximum atomic E-state index is 10.2. The highest BCUT2D eigenvalue weighted by atomic mass is 16.7. The molecule has 1 rings (SSSR count). The van der Waals surface area contributed by atoms with Crippen LogP contribution < -0.4 is 5.32 Å². The largest absolute Gasteiger partial charge is 0.356 e. The second kappa shape index (κ2) is 11.0. The molecule has 110 valence electrons. The van der Waals surface area contributed by atoms with Crippen molar-refractivity contribution < 1.29 is 14.3 Å². The Balaban J connectivity index is 1.88. The van der Waals surface area contributed by atoms with Gasteiger partial charge in [0.05, 0.1) is 6.61 Å². The third kappa shape index (κ3) is 8.78. The van der Waals surface area contributed by atoms with Crippen molar-refractivity contribution in [1.82, 2.24) is 5.32 Å². The van der Waals surface area contributed by atoms with E-state index in [1.54, 1.807) is 0 Å². The van der Waals surface area contributed by atoms with Gasteiger partial charge in [0.25, 0.3) is 0 Å². The van der Waals surface area contributed by atoms with Crippen LogP contribution in [0.4, 0.5) is 0 Å². The smallest absolute Gasteiger partial charge is 0.207 e. The van der Waals surface area contributed by atoms with E-state index in [2.05, 4.69) is 17.5 Å². The molecule has 1 aliphatic rings. The lowest BCUT2D eigenvalue weighted by atomic mass is 10.1. The zero-order valence-electron chi connectivity index (χ0n) is 12.0. The summed E-state index contributed by atoms with van der Waals surface area (Å²) >= 11 is 0. The number of nitrogens with one attached hydrogen (secondary N) is 1. The zero-order valence-corrected chi connectivity index (χ0v) is 12.0. The van der Waals surface area contributed by atoms with E-state index in [1.807, 2.05) is 6.92 Å². The fourth-order valence-electron chi connectivity index (χ4n) is 2.09. The molecule has 0 aromatic heterocycles. The van der Waals surface area contributed by atoms with E-state index in [9.17, 15) is 4.79 Å². The van der Waals surface area contributed by atoms with E-state index in [0.717, 1.165) is 58.1 Å². The van der Waals surface area contributed by atoms with Gasteiger partial charge in [0, 0.05) is 12.6 Å². The molecule has 0 aliphatic carbocycles. The van der Waals surface area contributed by atoms with Gasteiger partial charge in [-0.25, -0.2) is 0 Å².